The molecule has 1 unspecified atom stereocenters. The highest BCUT2D eigenvalue weighted by Crippen LogP contribution is 2.13. The van der Waals surface area contributed by atoms with Crippen molar-refractivity contribution in [3.05, 3.63) is 52.2 Å². The summed E-state index contributed by atoms with van der Waals surface area (Å²) in [5, 5.41) is 13.3. The highest BCUT2D eigenvalue weighted by molar-refractivity contribution is 7.73. The lowest BCUT2D eigenvalue weighted by Crippen LogP contribution is -3.06. The predicted octanol–water partition coefficient (Wildman–Crippen LogP) is 2.37. The molecule has 0 fully saturated rings. The first-order valence-electron chi connectivity index (χ1n) is 9.45. The van der Waals surface area contributed by atoms with Crippen LogP contribution in [-0.2, 0) is 18.0 Å². The molecule has 0 radical (unpaired) electrons. The molecule has 0 aliphatic carbocycles. The third kappa shape index (κ3) is 5.96. The minimum absolute atomic E-state index is 0.715. The van der Waals surface area contributed by atoms with E-state index in [0.29, 0.717) is 6.67 Å². The van der Waals surface area contributed by atoms with Crippen molar-refractivity contribution in [3.8, 4) is 5.69 Å². The minimum atomic E-state index is 0.715. The van der Waals surface area contributed by atoms with Gasteiger partial charge in [-0.25, -0.2) is 4.68 Å². The van der Waals surface area contributed by atoms with Crippen LogP contribution >= 0.6 is 23.6 Å². The average molecular weight is 420 g/mol. The Hall–Kier alpha value is -2.07. The lowest BCUT2D eigenvalue weighted by Gasteiger charge is -2.12. The highest BCUT2D eigenvalue weighted by atomic mass is 32.1. The second-order valence-electron chi connectivity index (χ2n) is 6.57. The maximum atomic E-state index is 5.47. The Morgan fingerprint density at radius 2 is 2.11 bits per heavy atom. The van der Waals surface area contributed by atoms with E-state index in [-0.39, 0.29) is 0 Å². The highest BCUT2D eigenvalue weighted by Gasteiger charge is 2.11. The van der Waals surface area contributed by atoms with E-state index < -0.39 is 0 Å². The number of quaternary nitrogens is 1. The lowest BCUT2D eigenvalue weighted by atomic mass is 10.3. The first-order valence-corrected chi connectivity index (χ1v) is 10.7. The number of rotatable bonds is 11. The number of aromatic nitrogens is 4. The topological polar surface area (TPSA) is 61.3 Å². The molecule has 0 saturated heterocycles. The molecule has 150 valence electrons. The molecule has 28 heavy (non-hydrogen) atoms. The van der Waals surface area contributed by atoms with Crippen LogP contribution in [0.2, 0.25) is 0 Å². The molecule has 1 atom stereocenters. The Kier molecular flexibility index (Phi) is 7.72. The molecule has 2 aromatic heterocycles. The molecule has 0 aliphatic rings. The van der Waals surface area contributed by atoms with Crippen LogP contribution < -0.4 is 10.2 Å². The first-order chi connectivity index (χ1) is 13.7. The Balaban J connectivity index is 1.52. The summed E-state index contributed by atoms with van der Waals surface area (Å²) in [5.74, 6) is 0. The van der Waals surface area contributed by atoms with E-state index in [9.17, 15) is 0 Å². The molecule has 0 spiro atoms. The molecule has 7 nitrogen and oxygen atoms in total. The number of benzene rings is 1. The quantitative estimate of drug-likeness (QED) is 0.369. The monoisotopic (exact) mass is 419 g/mol. The third-order valence-electron chi connectivity index (χ3n) is 4.13. The molecule has 9 heteroatoms. The van der Waals surface area contributed by atoms with Gasteiger partial charge in [-0.2, -0.15) is 9.78 Å². The van der Waals surface area contributed by atoms with Crippen molar-refractivity contribution in [3.63, 3.8) is 0 Å². The number of nitrogens with zero attached hydrogens (tertiary/aromatic N) is 4. The third-order valence-corrected chi connectivity index (χ3v) is 5.40. The van der Waals surface area contributed by atoms with E-state index in [4.69, 9.17) is 17.0 Å². The largest absolute Gasteiger partial charge is 0.382 e. The summed E-state index contributed by atoms with van der Waals surface area (Å²) >= 11 is 6.98. The summed E-state index contributed by atoms with van der Waals surface area (Å²) in [7, 11) is 2.14. The SMILES string of the molecule is CCOCCCNc1nn(C[NH+](C)Cc2cnn(-c3ccccc3)c2)c(=S)s1. The van der Waals surface area contributed by atoms with E-state index in [1.807, 2.05) is 52.8 Å². The molecule has 0 aliphatic heterocycles. The van der Waals surface area contributed by atoms with Crippen LogP contribution in [0.25, 0.3) is 5.69 Å². The zero-order chi connectivity index (χ0) is 19.8. The number of para-hydroxylation sites is 1. The second kappa shape index (κ2) is 10.5. The molecule has 0 saturated carbocycles. The fourth-order valence-electron chi connectivity index (χ4n) is 2.82. The maximum absolute atomic E-state index is 5.47. The van der Waals surface area contributed by atoms with Gasteiger partial charge in [0, 0.05) is 31.5 Å². The van der Waals surface area contributed by atoms with Gasteiger partial charge in [0.15, 0.2) is 10.6 Å². The minimum Gasteiger partial charge on any atom is -0.382 e. The van der Waals surface area contributed by atoms with Gasteiger partial charge < -0.3 is 15.0 Å². The fourth-order valence-corrected chi connectivity index (χ4v) is 3.86. The van der Waals surface area contributed by atoms with Gasteiger partial charge in [-0.1, -0.05) is 29.5 Å². The van der Waals surface area contributed by atoms with Crippen molar-refractivity contribution in [2.24, 2.45) is 0 Å². The summed E-state index contributed by atoms with van der Waals surface area (Å²) in [5.41, 5.74) is 2.24. The van der Waals surface area contributed by atoms with Crippen LogP contribution in [-0.4, -0.2) is 46.4 Å². The van der Waals surface area contributed by atoms with Crippen LogP contribution in [0.4, 0.5) is 5.13 Å². The van der Waals surface area contributed by atoms with Crippen molar-refractivity contribution in [2.45, 2.75) is 26.6 Å². The van der Waals surface area contributed by atoms with Crippen molar-refractivity contribution < 1.29 is 9.64 Å². The average Bonchev–Trinajstić information content (AvgIpc) is 3.29. The molecule has 2 N–H and O–H groups in total. The van der Waals surface area contributed by atoms with Crippen LogP contribution in [0.15, 0.2) is 42.7 Å². The molecule has 0 bridgehead atoms. The Morgan fingerprint density at radius 3 is 2.89 bits per heavy atom. The first kappa shape index (κ1) is 20.7. The molecular weight excluding hydrogens is 392 g/mol. The smallest absolute Gasteiger partial charge is 0.204 e. The normalized spacial score (nSPS) is 12.2. The van der Waals surface area contributed by atoms with Crippen LogP contribution in [0, 0.1) is 3.95 Å². The van der Waals surface area contributed by atoms with Crippen LogP contribution in [0.1, 0.15) is 18.9 Å². The van der Waals surface area contributed by atoms with E-state index in [0.717, 1.165) is 47.5 Å². The number of hydrogen-bond acceptors (Lipinski definition) is 6. The van der Waals surface area contributed by atoms with Gasteiger partial charge in [-0.05, 0) is 37.7 Å². The summed E-state index contributed by atoms with van der Waals surface area (Å²) < 4.78 is 9.93. The van der Waals surface area contributed by atoms with Gasteiger partial charge in [-0.15, -0.1) is 5.10 Å². The van der Waals surface area contributed by atoms with Crippen molar-refractivity contribution >= 4 is 28.7 Å². The predicted molar refractivity (Wildman–Crippen MR) is 115 cm³/mol. The van der Waals surface area contributed by atoms with Crippen LogP contribution in [0.5, 0.6) is 0 Å². The Morgan fingerprint density at radius 1 is 1.29 bits per heavy atom. The Labute approximate surface area is 174 Å². The number of hydrogen-bond donors (Lipinski definition) is 2. The maximum Gasteiger partial charge on any atom is 0.204 e. The van der Waals surface area contributed by atoms with E-state index in [2.05, 4.69) is 28.8 Å². The van der Waals surface area contributed by atoms with Crippen molar-refractivity contribution in [1.82, 2.24) is 19.6 Å². The second-order valence-corrected chi connectivity index (χ2v) is 8.19. The van der Waals surface area contributed by atoms with Crippen molar-refractivity contribution in [1.29, 1.82) is 0 Å². The molecule has 3 rings (SSSR count). The molecule has 0 amide bonds. The fraction of sp³-hybridized carbons (Fsp3) is 0.421. The zero-order valence-corrected chi connectivity index (χ0v) is 17.9. The van der Waals surface area contributed by atoms with Gasteiger partial charge in [0.05, 0.1) is 18.9 Å². The van der Waals surface area contributed by atoms with Crippen LogP contribution in [0.3, 0.4) is 0 Å². The van der Waals surface area contributed by atoms with E-state index in [1.165, 1.54) is 21.8 Å². The lowest BCUT2D eigenvalue weighted by molar-refractivity contribution is -0.917. The number of ether oxygens (including phenoxy) is 1. The number of nitrogens with one attached hydrogen (secondary N) is 2. The summed E-state index contributed by atoms with van der Waals surface area (Å²) in [6.07, 6.45) is 4.95. The molecule has 2 heterocycles. The Bertz CT molecular complexity index is 905. The summed E-state index contributed by atoms with van der Waals surface area (Å²) in [6, 6.07) is 10.1. The molecule has 1 aromatic carbocycles. The van der Waals surface area contributed by atoms with Gasteiger partial charge >= 0.3 is 0 Å². The molecule has 3 aromatic rings. The van der Waals surface area contributed by atoms with Gasteiger partial charge in [-0.3, -0.25) is 0 Å². The van der Waals surface area contributed by atoms with Crippen molar-refractivity contribution in [2.75, 3.05) is 32.1 Å². The standard InChI is InChI=1S/C19H26N6OS2/c1-3-26-11-7-10-20-18-22-25(19(27)28-18)15-23(2)13-16-12-21-24(14-16)17-8-5-4-6-9-17/h4-6,8-9,12,14H,3,7,10-11,13,15H2,1-2H3,(H,20,22)/p+1. The number of anilines is 1. The zero-order valence-electron chi connectivity index (χ0n) is 16.3. The summed E-state index contributed by atoms with van der Waals surface area (Å²) in [6.45, 7) is 5.93. The van der Waals surface area contributed by atoms with Gasteiger partial charge in [0.2, 0.25) is 5.13 Å². The van der Waals surface area contributed by atoms with E-state index in [1.54, 1.807) is 0 Å². The molecular formula is C19H27N6OS2+. The van der Waals surface area contributed by atoms with E-state index >= 15 is 0 Å². The summed E-state index contributed by atoms with van der Waals surface area (Å²) in [4.78, 5) is 1.29. The van der Waals surface area contributed by atoms with Gasteiger partial charge in [0.1, 0.15) is 6.54 Å². The van der Waals surface area contributed by atoms with Gasteiger partial charge in [0.25, 0.3) is 0 Å².